The van der Waals surface area contributed by atoms with Crippen LogP contribution in [0.4, 0.5) is 29.7 Å². The van der Waals surface area contributed by atoms with Crippen LogP contribution in [0.5, 0.6) is 5.88 Å². The number of anilines is 2. The molecule has 2 saturated heterocycles. The zero-order valence-corrected chi connectivity index (χ0v) is 33.0. The molecule has 0 radical (unpaired) electrons. The zero-order valence-electron chi connectivity index (χ0n) is 33.0. The summed E-state index contributed by atoms with van der Waals surface area (Å²) in [4.78, 5) is 38.2. The zero-order chi connectivity index (χ0) is 41.9. The van der Waals surface area contributed by atoms with Gasteiger partial charge in [-0.1, -0.05) is 54.6 Å². The molecule has 4 heterocycles. The number of aromatic nitrogens is 4. The van der Waals surface area contributed by atoms with Crippen molar-refractivity contribution in [1.29, 1.82) is 0 Å². The van der Waals surface area contributed by atoms with Gasteiger partial charge >= 0.3 is 18.2 Å². The summed E-state index contributed by atoms with van der Waals surface area (Å²) in [6.45, 7) is 6.42. The number of aryl methyl sites for hydroxylation is 2. The highest BCUT2D eigenvalue weighted by Crippen LogP contribution is 2.46. The molecule has 0 aliphatic carbocycles. The number of aliphatic hydroxyl groups is 1. The highest BCUT2D eigenvalue weighted by Gasteiger charge is 2.51. The third kappa shape index (κ3) is 9.12. The van der Waals surface area contributed by atoms with Gasteiger partial charge in [0.05, 0.1) is 24.6 Å². The van der Waals surface area contributed by atoms with Gasteiger partial charge in [0, 0.05) is 37.5 Å². The first kappa shape index (κ1) is 41.0. The van der Waals surface area contributed by atoms with E-state index in [-0.39, 0.29) is 55.3 Å². The van der Waals surface area contributed by atoms with E-state index in [0.29, 0.717) is 54.7 Å². The van der Waals surface area contributed by atoms with E-state index in [4.69, 9.17) is 19.9 Å². The van der Waals surface area contributed by atoms with Gasteiger partial charge in [-0.15, -0.1) is 0 Å². The fraction of sp³-hybridized carbons (Fsp3) is 0.372. The number of piperidine rings is 1. The van der Waals surface area contributed by atoms with Gasteiger partial charge in [0.25, 0.3) is 0 Å². The number of ether oxygens (including phenoxy) is 3. The number of alkyl halides is 3. The number of likely N-dealkylation sites (tertiary alicyclic amines) is 1. The predicted molar refractivity (Wildman–Crippen MR) is 213 cm³/mol. The summed E-state index contributed by atoms with van der Waals surface area (Å²) < 4.78 is 63.4. The maximum absolute atomic E-state index is 15.1. The second kappa shape index (κ2) is 17.0. The van der Waals surface area contributed by atoms with Gasteiger partial charge in [0.2, 0.25) is 17.9 Å². The molecule has 59 heavy (non-hydrogen) atoms. The lowest BCUT2D eigenvalue weighted by Crippen LogP contribution is -2.43. The monoisotopic (exact) mass is 813 g/mol. The van der Waals surface area contributed by atoms with Crippen molar-refractivity contribution < 1.29 is 42.1 Å². The summed E-state index contributed by atoms with van der Waals surface area (Å²) in [5.41, 5.74) is 9.92. The normalized spacial score (nSPS) is 16.9. The number of benzene rings is 3. The van der Waals surface area contributed by atoms with Crippen molar-refractivity contribution in [2.45, 2.75) is 71.6 Å². The average molecular weight is 814 g/mol. The smallest absolute Gasteiger partial charge is 0.429 e. The third-order valence-electron chi connectivity index (χ3n) is 11.0. The summed E-state index contributed by atoms with van der Waals surface area (Å²) in [5.74, 6) is -0.866. The number of carbonyl (C=O) groups excluding carboxylic acids is 2. The largest absolute Gasteiger partial charge is 0.464 e. The summed E-state index contributed by atoms with van der Waals surface area (Å²) in [6, 6.07) is 21.5. The lowest BCUT2D eigenvalue weighted by atomic mass is 9.76. The molecule has 2 fully saturated rings. The fourth-order valence-corrected chi connectivity index (χ4v) is 7.87. The molecule has 13 nitrogen and oxygen atoms in total. The summed E-state index contributed by atoms with van der Waals surface area (Å²) in [7, 11) is 0. The molecule has 2 aliphatic heterocycles. The van der Waals surface area contributed by atoms with E-state index in [1.807, 2.05) is 54.3 Å². The van der Waals surface area contributed by atoms with Crippen molar-refractivity contribution >= 4 is 23.8 Å². The van der Waals surface area contributed by atoms with E-state index in [9.17, 15) is 14.7 Å². The molecular weight excluding hydrogens is 768 g/mol. The highest BCUT2D eigenvalue weighted by atomic mass is 19.4. The molecule has 3 aromatic carbocycles. The van der Waals surface area contributed by atoms with Crippen molar-refractivity contribution in [1.82, 2.24) is 24.6 Å². The van der Waals surface area contributed by atoms with Crippen LogP contribution < -0.4 is 15.4 Å². The maximum atomic E-state index is 15.1. The quantitative estimate of drug-likeness (QED) is 0.129. The van der Waals surface area contributed by atoms with Gasteiger partial charge in [-0.25, -0.2) is 14.3 Å². The highest BCUT2D eigenvalue weighted by molar-refractivity contribution is 5.82. The first-order valence-corrected chi connectivity index (χ1v) is 19.4. The molecule has 1 spiro atoms. The van der Waals surface area contributed by atoms with E-state index < -0.39 is 35.8 Å². The van der Waals surface area contributed by atoms with Crippen LogP contribution in [0.15, 0.2) is 85.1 Å². The van der Waals surface area contributed by atoms with Crippen molar-refractivity contribution in [2.24, 2.45) is 5.41 Å². The Kier molecular flexibility index (Phi) is 11.8. The number of nitrogens with zero attached hydrogens (tertiary/aromatic N) is 6. The number of nitrogens with two attached hydrogens (primary N) is 1. The summed E-state index contributed by atoms with van der Waals surface area (Å²) in [6.07, 6.45) is -4.95. The number of esters is 1. The van der Waals surface area contributed by atoms with Crippen LogP contribution in [-0.4, -0.2) is 80.3 Å². The predicted octanol–water partition coefficient (Wildman–Crippen LogP) is 7.26. The fourth-order valence-electron chi connectivity index (χ4n) is 7.87. The Morgan fingerprint density at radius 3 is 2.37 bits per heavy atom. The number of carbonyl (C=O) groups is 2. The van der Waals surface area contributed by atoms with Gasteiger partial charge in [-0.2, -0.15) is 28.2 Å². The standard InChI is InChI=1S/C43H46F3N7O6/c1-4-57-39(55)35-23-42(26-52(35)41(56)58-25-29-8-6-5-7-9-29)15-18-51(19-16-42)36-22-37(49-40(47)48-36)59-38(43(44,45)46)33-13-12-31(21-34(33)53-17-14-28(3)50-53)30-11-10-27(2)32(20-30)24-54/h5-14,17,20-22,35,38,54H,4,15-16,18-19,23-26H2,1-3H3,(H2,47,48,49)/t35-,38?/m0/s1. The first-order chi connectivity index (χ1) is 28.3. The van der Waals surface area contributed by atoms with Crippen LogP contribution in [0.1, 0.15) is 60.2 Å². The molecule has 0 saturated carbocycles. The number of hydrogen-bond acceptors (Lipinski definition) is 11. The molecule has 16 heteroatoms. The number of aliphatic hydroxyl groups excluding tert-OH is 1. The minimum absolute atomic E-state index is 0.0520. The Balaban J connectivity index is 1.12. The van der Waals surface area contributed by atoms with Crippen molar-refractivity contribution in [3.63, 3.8) is 0 Å². The van der Waals surface area contributed by atoms with Crippen molar-refractivity contribution in [2.75, 3.05) is 36.9 Å². The number of hydrogen-bond donors (Lipinski definition) is 2. The Labute approximate surface area is 339 Å². The third-order valence-corrected chi connectivity index (χ3v) is 11.0. The maximum Gasteiger partial charge on any atom is 0.429 e. The minimum atomic E-state index is -4.89. The van der Waals surface area contributed by atoms with E-state index >= 15 is 13.2 Å². The first-order valence-electron chi connectivity index (χ1n) is 19.4. The van der Waals surface area contributed by atoms with Crippen molar-refractivity contribution in [3.05, 3.63) is 113 Å². The molecule has 2 aliphatic rings. The topological polar surface area (TPSA) is 158 Å². The van der Waals surface area contributed by atoms with E-state index in [1.165, 1.54) is 21.7 Å². The molecule has 1 amide bonds. The number of nitrogen functional groups attached to an aromatic ring is 1. The minimum Gasteiger partial charge on any atom is -0.464 e. The van der Waals surface area contributed by atoms with Crippen LogP contribution in [0.3, 0.4) is 0 Å². The van der Waals surface area contributed by atoms with Gasteiger partial charge in [-0.3, -0.25) is 4.90 Å². The molecule has 2 aromatic heterocycles. The second-order valence-electron chi connectivity index (χ2n) is 15.1. The molecule has 310 valence electrons. The van der Waals surface area contributed by atoms with Crippen LogP contribution in [0.25, 0.3) is 16.8 Å². The Bertz CT molecular complexity index is 2300. The van der Waals surface area contributed by atoms with Gasteiger partial charge in [0.15, 0.2) is 0 Å². The lowest BCUT2D eigenvalue weighted by Gasteiger charge is -2.39. The van der Waals surface area contributed by atoms with Crippen LogP contribution in [-0.2, 0) is 27.5 Å². The van der Waals surface area contributed by atoms with E-state index in [2.05, 4.69) is 15.1 Å². The molecule has 1 unspecified atom stereocenters. The number of rotatable bonds is 11. The Hall–Kier alpha value is -6.16. The van der Waals surface area contributed by atoms with Crippen LogP contribution in [0, 0.1) is 19.3 Å². The Morgan fingerprint density at radius 1 is 0.966 bits per heavy atom. The summed E-state index contributed by atoms with van der Waals surface area (Å²) in [5, 5.41) is 14.3. The van der Waals surface area contributed by atoms with Crippen LogP contribution in [0.2, 0.25) is 0 Å². The average Bonchev–Trinajstić information content (AvgIpc) is 3.83. The SMILES string of the molecule is CCOC(=O)[C@@H]1CC2(CCN(c3cc(OC(c4ccc(-c5ccc(C)c(CO)c5)cc4-n4ccc(C)n4)C(F)(F)F)nc(N)n3)CC2)CN1C(=O)OCc1ccccc1. The molecular formula is C43H46F3N7O6. The molecule has 0 bridgehead atoms. The molecule has 7 rings (SSSR count). The number of amides is 1. The second-order valence-corrected chi connectivity index (χ2v) is 15.1. The van der Waals surface area contributed by atoms with E-state index in [0.717, 1.165) is 11.1 Å². The lowest BCUT2D eigenvalue weighted by molar-refractivity contribution is -0.198. The van der Waals surface area contributed by atoms with Gasteiger partial charge < -0.3 is 30.0 Å². The van der Waals surface area contributed by atoms with Crippen LogP contribution >= 0.6 is 0 Å². The van der Waals surface area contributed by atoms with Crippen molar-refractivity contribution in [3.8, 4) is 22.7 Å². The molecule has 2 atom stereocenters. The van der Waals surface area contributed by atoms with E-state index in [1.54, 1.807) is 44.3 Å². The molecule has 3 N–H and O–H groups in total. The van der Waals surface area contributed by atoms with Gasteiger partial charge in [-0.05, 0) is 91.5 Å². The van der Waals surface area contributed by atoms with Gasteiger partial charge in [0.1, 0.15) is 18.5 Å². The summed E-state index contributed by atoms with van der Waals surface area (Å²) >= 11 is 0. The number of halogens is 3. The molecule has 5 aromatic rings. The Morgan fingerprint density at radius 2 is 1.69 bits per heavy atom.